The fourth-order valence-electron chi connectivity index (χ4n) is 2.30. The van der Waals surface area contributed by atoms with Gasteiger partial charge in [0.2, 0.25) is 0 Å². The summed E-state index contributed by atoms with van der Waals surface area (Å²) < 4.78 is 18.1. The number of phenols is 1. The van der Waals surface area contributed by atoms with Crippen LogP contribution in [0.15, 0.2) is 53.2 Å². The Hall–Kier alpha value is -2.88. The minimum absolute atomic E-state index is 0.0856. The average Bonchev–Trinajstić information content (AvgIpc) is 2.89. The lowest BCUT2D eigenvalue weighted by molar-refractivity contribution is 0.104. The average molecular weight is 296 g/mol. The maximum Gasteiger partial charge on any atom is 0.189 e. The summed E-state index contributed by atoms with van der Waals surface area (Å²) in [7, 11) is 0. The number of aryl methyl sites for hydroxylation is 1. The molecule has 1 N–H and O–H groups in total. The van der Waals surface area contributed by atoms with Gasteiger partial charge < -0.3 is 9.52 Å². The normalized spacial score (nSPS) is 11.4. The highest BCUT2D eigenvalue weighted by Gasteiger charge is 2.15. The van der Waals surface area contributed by atoms with Gasteiger partial charge in [0.25, 0.3) is 0 Å². The van der Waals surface area contributed by atoms with Crippen molar-refractivity contribution < 1.29 is 18.7 Å². The first-order valence-electron chi connectivity index (χ1n) is 6.74. The molecule has 0 amide bonds. The minimum atomic E-state index is -0.331. The molecule has 3 aromatic rings. The molecule has 3 nitrogen and oxygen atoms in total. The van der Waals surface area contributed by atoms with Crippen molar-refractivity contribution in [3.63, 3.8) is 0 Å². The first-order chi connectivity index (χ1) is 10.6. The Morgan fingerprint density at radius 1 is 1.18 bits per heavy atom. The molecule has 4 heteroatoms. The van der Waals surface area contributed by atoms with Gasteiger partial charge in [-0.15, -0.1) is 0 Å². The molecule has 0 atom stereocenters. The Morgan fingerprint density at radius 3 is 2.64 bits per heavy atom. The lowest BCUT2D eigenvalue weighted by Crippen LogP contribution is -1.95. The largest absolute Gasteiger partial charge is 0.506 e. The molecule has 0 bridgehead atoms. The maximum absolute atomic E-state index is 12.8. The van der Waals surface area contributed by atoms with Gasteiger partial charge in [-0.25, -0.2) is 4.39 Å². The number of fused-ring (bicyclic) bond motifs is 1. The predicted molar refractivity (Wildman–Crippen MR) is 82.4 cm³/mol. The second kappa shape index (κ2) is 5.48. The summed E-state index contributed by atoms with van der Waals surface area (Å²) in [6.07, 6.45) is 4.46. The second-order valence-electron chi connectivity index (χ2n) is 5.00. The lowest BCUT2D eigenvalue weighted by atomic mass is 10.0. The van der Waals surface area contributed by atoms with Crippen LogP contribution in [0.4, 0.5) is 4.39 Å². The molecule has 2 aromatic carbocycles. The zero-order valence-electron chi connectivity index (χ0n) is 11.8. The highest BCUT2D eigenvalue weighted by atomic mass is 19.1. The quantitative estimate of drug-likeness (QED) is 0.572. The number of carbonyl (C=O) groups is 1. The summed E-state index contributed by atoms with van der Waals surface area (Å²) >= 11 is 0. The molecule has 110 valence electrons. The number of halogens is 1. The van der Waals surface area contributed by atoms with Crippen molar-refractivity contribution >= 4 is 22.8 Å². The molecule has 0 aliphatic heterocycles. The number of ketones is 1. The zero-order chi connectivity index (χ0) is 15.7. The van der Waals surface area contributed by atoms with Crippen molar-refractivity contribution in [2.24, 2.45) is 0 Å². The van der Waals surface area contributed by atoms with Crippen molar-refractivity contribution in [2.75, 3.05) is 0 Å². The van der Waals surface area contributed by atoms with E-state index < -0.39 is 0 Å². The molecule has 1 heterocycles. The van der Waals surface area contributed by atoms with Crippen LogP contribution in [-0.4, -0.2) is 10.9 Å². The molecule has 0 spiro atoms. The number of hydrogen-bond acceptors (Lipinski definition) is 3. The van der Waals surface area contributed by atoms with Crippen LogP contribution in [0.5, 0.6) is 5.75 Å². The van der Waals surface area contributed by atoms with Gasteiger partial charge >= 0.3 is 0 Å². The van der Waals surface area contributed by atoms with E-state index in [1.54, 1.807) is 31.2 Å². The molecule has 0 aliphatic carbocycles. The summed E-state index contributed by atoms with van der Waals surface area (Å²) in [5, 5.41) is 10.8. The number of aromatic hydroxyl groups is 1. The minimum Gasteiger partial charge on any atom is -0.506 e. The van der Waals surface area contributed by atoms with Crippen LogP contribution in [0.3, 0.4) is 0 Å². The lowest BCUT2D eigenvalue weighted by Gasteiger charge is -2.02. The van der Waals surface area contributed by atoms with E-state index in [1.165, 1.54) is 30.5 Å². The van der Waals surface area contributed by atoms with E-state index in [9.17, 15) is 14.3 Å². The Labute approximate surface area is 126 Å². The number of carbonyl (C=O) groups excluding carboxylic acids is 1. The third kappa shape index (κ3) is 2.51. The van der Waals surface area contributed by atoms with Crippen LogP contribution < -0.4 is 0 Å². The van der Waals surface area contributed by atoms with E-state index in [4.69, 9.17) is 4.42 Å². The van der Waals surface area contributed by atoms with Crippen molar-refractivity contribution in [3.05, 3.63) is 71.2 Å². The van der Waals surface area contributed by atoms with Crippen molar-refractivity contribution in [1.29, 1.82) is 0 Å². The molecule has 3 rings (SSSR count). The highest BCUT2D eigenvalue weighted by Crippen LogP contribution is 2.33. The predicted octanol–water partition coefficient (Wildman–Crippen LogP) is 4.48. The van der Waals surface area contributed by atoms with Crippen LogP contribution in [-0.2, 0) is 0 Å². The Morgan fingerprint density at radius 2 is 1.91 bits per heavy atom. The summed E-state index contributed by atoms with van der Waals surface area (Å²) in [4.78, 5) is 12.2. The molecular weight excluding hydrogens is 283 g/mol. The summed E-state index contributed by atoms with van der Waals surface area (Å²) in [5.74, 6) is -0.746. The Bertz CT molecular complexity index is 873. The van der Waals surface area contributed by atoms with Gasteiger partial charge in [-0.05, 0) is 48.4 Å². The van der Waals surface area contributed by atoms with Crippen LogP contribution in [0.2, 0.25) is 0 Å². The van der Waals surface area contributed by atoms with E-state index in [0.29, 0.717) is 16.5 Å². The van der Waals surface area contributed by atoms with Gasteiger partial charge in [-0.1, -0.05) is 18.2 Å². The standard InChI is InChI=1S/C18H13FO3/c1-11-10-22-16-9-7-14(18(21)17(11)16)15(20)8-4-12-2-5-13(19)6-3-12/h2-10,21H,1H3/b8-4+. The first-order valence-corrected chi connectivity index (χ1v) is 6.74. The number of phenolic OH excluding ortho intramolecular Hbond substituents is 1. The third-order valence-corrected chi connectivity index (χ3v) is 3.46. The molecule has 0 aliphatic rings. The van der Waals surface area contributed by atoms with Gasteiger partial charge in [0.1, 0.15) is 17.1 Å². The van der Waals surface area contributed by atoms with Gasteiger partial charge in [-0.2, -0.15) is 0 Å². The van der Waals surface area contributed by atoms with E-state index in [1.807, 2.05) is 0 Å². The molecule has 0 saturated heterocycles. The van der Waals surface area contributed by atoms with Crippen LogP contribution in [0, 0.1) is 12.7 Å². The van der Waals surface area contributed by atoms with Crippen molar-refractivity contribution in [3.8, 4) is 5.75 Å². The smallest absolute Gasteiger partial charge is 0.189 e. The van der Waals surface area contributed by atoms with Gasteiger partial charge in [0.15, 0.2) is 5.78 Å². The van der Waals surface area contributed by atoms with Crippen LogP contribution in [0.25, 0.3) is 17.0 Å². The van der Waals surface area contributed by atoms with E-state index >= 15 is 0 Å². The van der Waals surface area contributed by atoms with E-state index in [2.05, 4.69) is 0 Å². The number of rotatable bonds is 3. The number of allylic oxidation sites excluding steroid dienone is 1. The zero-order valence-corrected chi connectivity index (χ0v) is 11.8. The van der Waals surface area contributed by atoms with Crippen LogP contribution in [0.1, 0.15) is 21.5 Å². The summed E-state index contributed by atoms with van der Waals surface area (Å²) in [6.45, 7) is 1.80. The monoisotopic (exact) mass is 296 g/mol. The summed E-state index contributed by atoms with van der Waals surface area (Å²) in [5.41, 5.74) is 2.21. The van der Waals surface area contributed by atoms with E-state index in [-0.39, 0.29) is 22.9 Å². The number of furan rings is 1. The van der Waals surface area contributed by atoms with Crippen LogP contribution >= 0.6 is 0 Å². The Kier molecular flexibility index (Phi) is 3.51. The number of benzene rings is 2. The first kappa shape index (κ1) is 14.1. The summed E-state index contributed by atoms with van der Waals surface area (Å²) in [6, 6.07) is 8.97. The maximum atomic E-state index is 12.8. The van der Waals surface area contributed by atoms with Gasteiger partial charge in [-0.3, -0.25) is 4.79 Å². The Balaban J connectivity index is 1.93. The van der Waals surface area contributed by atoms with Crippen molar-refractivity contribution in [1.82, 2.24) is 0 Å². The molecule has 1 aromatic heterocycles. The van der Waals surface area contributed by atoms with Gasteiger partial charge in [0.05, 0.1) is 17.2 Å². The van der Waals surface area contributed by atoms with Gasteiger partial charge in [0, 0.05) is 0 Å². The fourth-order valence-corrected chi connectivity index (χ4v) is 2.30. The topological polar surface area (TPSA) is 50.4 Å². The second-order valence-corrected chi connectivity index (χ2v) is 5.00. The molecule has 22 heavy (non-hydrogen) atoms. The molecule has 0 radical (unpaired) electrons. The van der Waals surface area contributed by atoms with Crippen molar-refractivity contribution in [2.45, 2.75) is 6.92 Å². The molecule has 0 saturated carbocycles. The molecular formula is C18H13FO3. The number of hydrogen-bond donors (Lipinski definition) is 1. The molecule has 0 unspecified atom stereocenters. The fraction of sp³-hybridized carbons (Fsp3) is 0.0556. The molecule has 0 fully saturated rings. The SMILES string of the molecule is Cc1coc2ccc(C(=O)/C=C/c3ccc(F)cc3)c(O)c12. The van der Waals surface area contributed by atoms with E-state index in [0.717, 1.165) is 5.56 Å². The highest BCUT2D eigenvalue weighted by molar-refractivity contribution is 6.11. The third-order valence-electron chi connectivity index (χ3n) is 3.46.